The molecule has 0 fully saturated rings. The summed E-state index contributed by atoms with van der Waals surface area (Å²) in [4.78, 5) is 22.1. The normalized spacial score (nSPS) is 13.6. The maximum absolute atomic E-state index is 11.2. The van der Waals surface area contributed by atoms with Gasteiger partial charge < -0.3 is 10.4 Å². The topological polar surface area (TPSA) is 99.3 Å². The highest BCUT2D eigenvalue weighted by Crippen LogP contribution is 1.73. The molecule has 0 heterocycles. The van der Waals surface area contributed by atoms with Crippen molar-refractivity contribution in [3.05, 3.63) is 42.8 Å². The van der Waals surface area contributed by atoms with Crippen LogP contribution in [-0.2, 0) is 0 Å². The first kappa shape index (κ1) is 9.11. The second-order valence-corrected chi connectivity index (χ2v) is 2.42. The van der Waals surface area contributed by atoms with E-state index in [2.05, 4.69) is 10.3 Å². The van der Waals surface area contributed by atoms with E-state index in [1.165, 1.54) is 6.92 Å². The van der Waals surface area contributed by atoms with E-state index in [0.717, 1.165) is 6.07 Å². The Morgan fingerprint density at radius 3 is 2.15 bits per heavy atom. The summed E-state index contributed by atoms with van der Waals surface area (Å²) in [7, 11) is 0. The van der Waals surface area contributed by atoms with Crippen LogP contribution in [0.2, 0.25) is 0 Å². The van der Waals surface area contributed by atoms with Gasteiger partial charge in [-0.2, -0.15) is 0 Å². The van der Waals surface area contributed by atoms with Gasteiger partial charge >= 0.3 is 0 Å². The van der Waals surface area contributed by atoms with Gasteiger partial charge in [0.05, 0.1) is 0 Å². The van der Waals surface area contributed by atoms with E-state index < -0.39 is 16.2 Å². The van der Waals surface area contributed by atoms with Crippen LogP contribution in [0.4, 0.5) is 0 Å². The van der Waals surface area contributed by atoms with Crippen LogP contribution in [0.5, 0.6) is 0 Å². The van der Waals surface area contributed by atoms with Gasteiger partial charge in [-0.3, -0.25) is 9.59 Å². The van der Waals surface area contributed by atoms with Gasteiger partial charge in [0, 0.05) is 0 Å². The van der Waals surface area contributed by atoms with Crippen LogP contribution in [0.25, 0.3) is 0 Å². The minimum absolute atomic E-state index is 0.241. The van der Waals surface area contributed by atoms with Gasteiger partial charge in [-0.25, -0.2) is 0 Å². The monoisotopic (exact) mass is 182 g/mol. The molecule has 0 radical (unpaired) electrons. The third-order valence-electron chi connectivity index (χ3n) is 1.58. The summed E-state index contributed by atoms with van der Waals surface area (Å²) >= 11 is 0. The average molecular weight is 182 g/mol. The molecule has 2 N–H and O–H groups in total. The van der Waals surface area contributed by atoms with Crippen molar-refractivity contribution in [2.24, 2.45) is 10.3 Å². The third-order valence-corrected chi connectivity index (χ3v) is 1.58. The Hall–Kier alpha value is -1.98. The van der Waals surface area contributed by atoms with Crippen LogP contribution in [-0.4, -0.2) is 10.4 Å². The maximum Gasteiger partial charge on any atom is 0.240 e. The fraction of sp³-hybridized carbons (Fsp3) is 0.143. The van der Waals surface area contributed by atoms with Crippen LogP contribution >= 0.6 is 0 Å². The lowest BCUT2D eigenvalue weighted by molar-refractivity contribution is 0.295. The molecule has 0 aliphatic carbocycles. The fourth-order valence-corrected chi connectivity index (χ4v) is 0.955. The highest BCUT2D eigenvalue weighted by Gasteiger charge is 2.04. The molecule has 1 aromatic rings. The zero-order valence-corrected chi connectivity index (χ0v) is 6.68. The molecular weight excluding hydrogens is 176 g/mol. The van der Waals surface area contributed by atoms with Crippen molar-refractivity contribution in [3.8, 4) is 0 Å². The highest BCUT2D eigenvalue weighted by molar-refractivity contribution is 5.12. The van der Waals surface area contributed by atoms with Crippen molar-refractivity contribution in [1.29, 1.82) is 0 Å². The Morgan fingerprint density at radius 2 is 1.69 bits per heavy atom. The molecule has 0 saturated heterocycles. The smallest absolute Gasteiger partial charge is 0.240 e. The Labute approximate surface area is 71.4 Å². The van der Waals surface area contributed by atoms with Gasteiger partial charge in [0.25, 0.3) is 0 Å². The molecule has 0 aliphatic rings. The fourth-order valence-electron chi connectivity index (χ4n) is 0.955. The number of hydrogen-bond acceptors (Lipinski definition) is 6. The molecule has 6 nitrogen and oxygen atoms in total. The predicted octanol–water partition coefficient (Wildman–Crippen LogP) is -1.83. The Bertz CT molecular complexity index is 537. The molecule has 0 spiro atoms. The zero-order chi connectivity index (χ0) is 10.0. The van der Waals surface area contributed by atoms with Gasteiger partial charge in [-0.15, -0.1) is 0 Å². The van der Waals surface area contributed by atoms with Crippen molar-refractivity contribution in [1.82, 2.24) is 0 Å². The predicted molar refractivity (Wildman–Crippen MR) is 40.8 cm³/mol. The first-order chi connectivity index (χ1) is 6.11. The first-order valence-corrected chi connectivity index (χ1v) is 3.33. The summed E-state index contributed by atoms with van der Waals surface area (Å²) in [6, 6.07) is 1.06. The van der Waals surface area contributed by atoms with Gasteiger partial charge in [-0.1, -0.05) is 10.3 Å². The molecule has 68 valence electrons. The number of hydrogen-bond donors (Lipinski definition) is 2. The van der Waals surface area contributed by atoms with Gasteiger partial charge in [-0.05, 0) is 18.6 Å². The van der Waals surface area contributed by atoms with Crippen LogP contribution in [0.1, 0.15) is 5.56 Å². The van der Waals surface area contributed by atoms with Crippen molar-refractivity contribution in [3.63, 3.8) is 0 Å². The van der Waals surface area contributed by atoms with Crippen molar-refractivity contribution < 1.29 is 10.4 Å². The lowest BCUT2D eigenvalue weighted by Gasteiger charge is -1.87. The van der Waals surface area contributed by atoms with Crippen LogP contribution in [0.15, 0.2) is 26.0 Å². The lowest BCUT2D eigenvalue weighted by Crippen LogP contribution is -2.48. The standard InChI is InChI=1S/C7H6N2O4/c1-3-2-4(10)6(9-13)7(11)5(3)8-12/h2,12-13H,1H3. The Morgan fingerprint density at radius 1 is 1.15 bits per heavy atom. The van der Waals surface area contributed by atoms with Crippen molar-refractivity contribution >= 4 is 0 Å². The van der Waals surface area contributed by atoms with Gasteiger partial charge in [0.2, 0.25) is 10.9 Å². The minimum atomic E-state index is -0.880. The molecule has 0 aromatic heterocycles. The number of nitrogens with zero attached hydrogens (tertiary/aromatic N) is 2. The second kappa shape index (κ2) is 3.18. The molecule has 0 bridgehead atoms. The minimum Gasteiger partial charge on any atom is -0.410 e. The van der Waals surface area contributed by atoms with E-state index in [-0.39, 0.29) is 10.9 Å². The van der Waals surface area contributed by atoms with E-state index in [1.807, 2.05) is 0 Å². The van der Waals surface area contributed by atoms with E-state index in [9.17, 15) is 9.59 Å². The maximum atomic E-state index is 11.2. The van der Waals surface area contributed by atoms with Crippen LogP contribution in [0, 0.1) is 6.92 Å². The highest BCUT2D eigenvalue weighted by atomic mass is 16.4. The quantitative estimate of drug-likeness (QED) is 0.364. The summed E-state index contributed by atoms with van der Waals surface area (Å²) < 4.78 is 0. The van der Waals surface area contributed by atoms with Gasteiger partial charge in [0.1, 0.15) is 0 Å². The van der Waals surface area contributed by atoms with Crippen molar-refractivity contribution in [2.75, 3.05) is 0 Å². The van der Waals surface area contributed by atoms with E-state index in [0.29, 0.717) is 0 Å². The van der Waals surface area contributed by atoms with E-state index >= 15 is 0 Å². The average Bonchev–Trinajstić information content (AvgIpc) is 2.04. The molecule has 0 atom stereocenters. The lowest BCUT2D eigenvalue weighted by atomic mass is 10.2. The number of aryl methyl sites for hydroxylation is 1. The second-order valence-electron chi connectivity index (χ2n) is 2.42. The summed E-state index contributed by atoms with van der Waals surface area (Å²) in [5.41, 5.74) is -1.34. The number of benzene rings is 1. The molecule has 0 amide bonds. The van der Waals surface area contributed by atoms with Crippen molar-refractivity contribution in [2.45, 2.75) is 6.92 Å². The van der Waals surface area contributed by atoms with Crippen LogP contribution < -0.4 is 21.6 Å². The number of rotatable bonds is 0. The molecular formula is C7H6N2O4. The molecule has 6 heteroatoms. The SMILES string of the molecule is Cc1cc(=O)c(=NO)c(=O)c1=NO. The molecule has 0 unspecified atom stereocenters. The Kier molecular flexibility index (Phi) is 2.23. The molecule has 1 rings (SSSR count). The summed E-state index contributed by atoms with van der Waals surface area (Å²) in [5, 5.41) is 21.0. The molecule has 0 aliphatic heterocycles. The summed E-state index contributed by atoms with van der Waals surface area (Å²) in [6.45, 7) is 1.44. The summed E-state index contributed by atoms with van der Waals surface area (Å²) in [6.07, 6.45) is 0. The van der Waals surface area contributed by atoms with Crippen LogP contribution in [0.3, 0.4) is 0 Å². The third kappa shape index (κ3) is 1.33. The van der Waals surface area contributed by atoms with E-state index in [4.69, 9.17) is 10.4 Å². The van der Waals surface area contributed by atoms with Gasteiger partial charge in [0.15, 0.2) is 10.7 Å². The molecule has 13 heavy (non-hydrogen) atoms. The molecule has 0 saturated carbocycles. The first-order valence-electron chi connectivity index (χ1n) is 3.33. The zero-order valence-electron chi connectivity index (χ0n) is 6.68. The summed E-state index contributed by atoms with van der Waals surface area (Å²) in [5.74, 6) is 0. The Balaban J connectivity index is 4.06. The molecule has 1 aromatic carbocycles. The largest absolute Gasteiger partial charge is 0.410 e. The van der Waals surface area contributed by atoms with E-state index in [1.54, 1.807) is 0 Å².